The smallest absolute Gasteiger partial charge is 0.305 e. The van der Waals surface area contributed by atoms with Gasteiger partial charge < -0.3 is 20.3 Å². The molecule has 0 spiro atoms. The SMILES string of the molecule is CCCCCCCCCCCCCCCCCCCCCC/C=C/C(O)C(CO)NC(=O)CCCCCC/C=C\CCCCOC(=O)CCCCCCCCCCCCCCCCCCCC. The summed E-state index contributed by atoms with van der Waals surface area (Å²) in [5.74, 6) is -0.134. The first kappa shape index (κ1) is 65.3. The van der Waals surface area contributed by atoms with Crippen molar-refractivity contribution in [3.05, 3.63) is 24.3 Å². The molecule has 396 valence electrons. The maximum absolute atomic E-state index is 12.5. The second kappa shape index (κ2) is 56.9. The largest absolute Gasteiger partial charge is 0.466 e. The van der Waals surface area contributed by atoms with Crippen LogP contribution in [-0.2, 0) is 14.3 Å². The lowest BCUT2D eigenvalue weighted by atomic mass is 10.0. The van der Waals surface area contributed by atoms with Gasteiger partial charge in [0.1, 0.15) is 0 Å². The molecule has 1 amide bonds. The van der Waals surface area contributed by atoms with E-state index in [2.05, 4.69) is 31.3 Å². The number of nitrogens with one attached hydrogen (secondary N) is 1. The van der Waals surface area contributed by atoms with Gasteiger partial charge in [0.25, 0.3) is 0 Å². The van der Waals surface area contributed by atoms with E-state index in [9.17, 15) is 19.8 Å². The predicted molar refractivity (Wildman–Crippen MR) is 292 cm³/mol. The summed E-state index contributed by atoms with van der Waals surface area (Å²) in [6.07, 6.45) is 69.3. The van der Waals surface area contributed by atoms with Crippen LogP contribution in [-0.4, -0.2) is 47.4 Å². The first-order valence-corrected chi connectivity index (χ1v) is 30.1. The number of ether oxygens (including phenoxy) is 1. The summed E-state index contributed by atoms with van der Waals surface area (Å²) in [5.41, 5.74) is 0. The van der Waals surface area contributed by atoms with Crippen molar-refractivity contribution in [2.45, 2.75) is 341 Å². The van der Waals surface area contributed by atoms with Gasteiger partial charge in [0, 0.05) is 12.8 Å². The van der Waals surface area contributed by atoms with Gasteiger partial charge in [0.2, 0.25) is 5.91 Å². The molecule has 0 saturated heterocycles. The number of aliphatic hydroxyl groups is 2. The third kappa shape index (κ3) is 53.5. The summed E-state index contributed by atoms with van der Waals surface area (Å²) in [5, 5.41) is 23.2. The van der Waals surface area contributed by atoms with Gasteiger partial charge in [0.15, 0.2) is 0 Å². The highest BCUT2D eigenvalue weighted by atomic mass is 16.5. The van der Waals surface area contributed by atoms with Gasteiger partial charge in [-0.3, -0.25) is 9.59 Å². The van der Waals surface area contributed by atoms with Crippen molar-refractivity contribution >= 4 is 11.9 Å². The lowest BCUT2D eigenvalue weighted by Crippen LogP contribution is -2.45. The Bertz CT molecular complexity index is 1040. The van der Waals surface area contributed by atoms with E-state index in [0.717, 1.165) is 77.0 Å². The molecular weight excluding hydrogens is 827 g/mol. The van der Waals surface area contributed by atoms with Crippen LogP contribution in [0.1, 0.15) is 328 Å². The Balaban J connectivity index is 3.52. The molecule has 0 saturated carbocycles. The number of carbonyl (C=O) groups is 2. The molecule has 2 atom stereocenters. The highest BCUT2D eigenvalue weighted by Gasteiger charge is 2.18. The van der Waals surface area contributed by atoms with Gasteiger partial charge in [-0.1, -0.05) is 282 Å². The van der Waals surface area contributed by atoms with Crippen molar-refractivity contribution in [3.8, 4) is 0 Å². The minimum absolute atomic E-state index is 0.0333. The molecule has 0 heterocycles. The van der Waals surface area contributed by atoms with E-state index in [-0.39, 0.29) is 18.5 Å². The molecule has 2 unspecified atom stereocenters. The third-order valence-electron chi connectivity index (χ3n) is 14.0. The standard InChI is InChI=1S/C61H117NO5/c1-3-5-7-9-11-13-15-17-19-21-23-24-25-26-27-29-31-33-37-41-45-49-53-59(64)58(57-63)62-60(65)54-50-46-42-38-35-36-40-44-48-52-56-67-61(66)55-51-47-43-39-34-32-30-28-22-20-18-16-14-12-10-8-6-4-2/h36,40,49,53,58-59,63-64H,3-35,37-39,41-48,50-52,54-57H2,1-2H3,(H,62,65)/b40-36-,53-49+. The van der Waals surface area contributed by atoms with Crippen molar-refractivity contribution < 1.29 is 24.5 Å². The topological polar surface area (TPSA) is 95.9 Å². The number of hydrogen-bond acceptors (Lipinski definition) is 5. The van der Waals surface area contributed by atoms with Gasteiger partial charge >= 0.3 is 5.97 Å². The molecule has 67 heavy (non-hydrogen) atoms. The van der Waals surface area contributed by atoms with Crippen LogP contribution >= 0.6 is 0 Å². The van der Waals surface area contributed by atoms with Crippen LogP contribution in [0.2, 0.25) is 0 Å². The quantitative estimate of drug-likeness (QED) is 0.0321. The zero-order valence-corrected chi connectivity index (χ0v) is 45.1. The Kier molecular flexibility index (Phi) is 55.5. The normalized spacial score (nSPS) is 12.7. The molecule has 0 rings (SSSR count). The molecule has 0 radical (unpaired) electrons. The van der Waals surface area contributed by atoms with Crippen molar-refractivity contribution in [2.24, 2.45) is 0 Å². The minimum atomic E-state index is -0.867. The number of unbranched alkanes of at least 4 members (excludes halogenated alkanes) is 43. The van der Waals surface area contributed by atoms with Crippen LogP contribution in [0.3, 0.4) is 0 Å². The van der Waals surface area contributed by atoms with Crippen LogP contribution in [0.5, 0.6) is 0 Å². The second-order valence-electron chi connectivity index (χ2n) is 20.7. The highest BCUT2D eigenvalue weighted by Crippen LogP contribution is 2.17. The Morgan fingerprint density at radius 3 is 1.06 bits per heavy atom. The fourth-order valence-electron chi connectivity index (χ4n) is 9.34. The van der Waals surface area contributed by atoms with Gasteiger partial charge in [-0.05, 0) is 57.8 Å². The van der Waals surface area contributed by atoms with Gasteiger partial charge in [0.05, 0.1) is 25.4 Å². The Morgan fingerprint density at radius 1 is 0.403 bits per heavy atom. The maximum atomic E-state index is 12.5. The second-order valence-corrected chi connectivity index (χ2v) is 20.7. The third-order valence-corrected chi connectivity index (χ3v) is 14.0. The Hall–Kier alpha value is -1.66. The van der Waals surface area contributed by atoms with Crippen molar-refractivity contribution in [3.63, 3.8) is 0 Å². The summed E-state index contributed by atoms with van der Waals surface area (Å²) in [7, 11) is 0. The van der Waals surface area contributed by atoms with Crippen molar-refractivity contribution in [2.75, 3.05) is 13.2 Å². The fraction of sp³-hybridized carbons (Fsp3) is 0.902. The van der Waals surface area contributed by atoms with E-state index < -0.39 is 12.1 Å². The van der Waals surface area contributed by atoms with Crippen molar-refractivity contribution in [1.29, 1.82) is 0 Å². The number of rotatable bonds is 56. The van der Waals surface area contributed by atoms with Crippen LogP contribution in [0.4, 0.5) is 0 Å². The lowest BCUT2D eigenvalue weighted by molar-refractivity contribution is -0.143. The molecule has 0 aromatic rings. The van der Waals surface area contributed by atoms with Crippen LogP contribution in [0.25, 0.3) is 0 Å². The van der Waals surface area contributed by atoms with E-state index in [1.54, 1.807) is 6.08 Å². The molecule has 6 heteroatoms. The molecule has 0 aromatic carbocycles. The highest BCUT2D eigenvalue weighted by molar-refractivity contribution is 5.76. The van der Waals surface area contributed by atoms with Crippen LogP contribution < -0.4 is 5.32 Å². The lowest BCUT2D eigenvalue weighted by Gasteiger charge is -2.20. The van der Waals surface area contributed by atoms with Gasteiger partial charge in [-0.15, -0.1) is 0 Å². The molecule has 0 aliphatic rings. The van der Waals surface area contributed by atoms with E-state index in [1.807, 2.05) is 6.08 Å². The summed E-state index contributed by atoms with van der Waals surface area (Å²) in [6.45, 7) is 4.84. The van der Waals surface area contributed by atoms with Gasteiger partial charge in [-0.25, -0.2) is 0 Å². The Labute approximate surface area is 418 Å². The van der Waals surface area contributed by atoms with E-state index >= 15 is 0 Å². The average Bonchev–Trinajstić information content (AvgIpc) is 3.33. The fourth-order valence-corrected chi connectivity index (χ4v) is 9.34. The molecule has 0 bridgehead atoms. The van der Waals surface area contributed by atoms with Crippen LogP contribution in [0, 0.1) is 0 Å². The first-order valence-electron chi connectivity index (χ1n) is 30.1. The number of amides is 1. The maximum Gasteiger partial charge on any atom is 0.305 e. The number of esters is 1. The number of hydrogen-bond donors (Lipinski definition) is 3. The monoisotopic (exact) mass is 944 g/mol. The van der Waals surface area contributed by atoms with E-state index in [1.165, 1.54) is 225 Å². The van der Waals surface area contributed by atoms with E-state index in [4.69, 9.17) is 4.74 Å². The van der Waals surface area contributed by atoms with E-state index in [0.29, 0.717) is 19.4 Å². The molecule has 0 aliphatic carbocycles. The zero-order valence-electron chi connectivity index (χ0n) is 45.1. The summed E-state index contributed by atoms with van der Waals surface area (Å²) in [4.78, 5) is 24.6. The molecular formula is C61H117NO5. The van der Waals surface area contributed by atoms with Crippen molar-refractivity contribution in [1.82, 2.24) is 5.32 Å². The van der Waals surface area contributed by atoms with Gasteiger partial charge in [-0.2, -0.15) is 0 Å². The zero-order chi connectivity index (χ0) is 48.6. The molecule has 0 aromatic heterocycles. The molecule has 3 N–H and O–H groups in total. The number of carbonyl (C=O) groups excluding carboxylic acids is 2. The molecule has 0 aliphatic heterocycles. The summed E-state index contributed by atoms with van der Waals surface area (Å²) in [6, 6.07) is -0.654. The number of aliphatic hydroxyl groups excluding tert-OH is 2. The average molecular weight is 945 g/mol. The summed E-state index contributed by atoms with van der Waals surface area (Å²) >= 11 is 0. The minimum Gasteiger partial charge on any atom is -0.466 e. The first-order chi connectivity index (χ1) is 33.0. The Morgan fingerprint density at radius 2 is 0.701 bits per heavy atom. The number of allylic oxidation sites excluding steroid dienone is 3. The molecule has 6 nitrogen and oxygen atoms in total. The molecule has 0 fully saturated rings. The predicted octanol–water partition coefficient (Wildman–Crippen LogP) is 18.6. The summed E-state index contributed by atoms with van der Waals surface area (Å²) < 4.78 is 5.46. The van der Waals surface area contributed by atoms with Crippen LogP contribution in [0.15, 0.2) is 24.3 Å².